The number of anilines is 1. The Morgan fingerprint density at radius 1 is 1.40 bits per heavy atom. The highest BCUT2D eigenvalue weighted by molar-refractivity contribution is 5.92. The van der Waals surface area contributed by atoms with E-state index in [1.54, 1.807) is 13.2 Å². The number of carbonyl (C=O) groups is 1. The van der Waals surface area contributed by atoms with Crippen LogP contribution < -0.4 is 5.32 Å². The van der Waals surface area contributed by atoms with Crippen molar-refractivity contribution in [2.75, 3.05) is 25.5 Å². The Kier molecular flexibility index (Phi) is 2.80. The van der Waals surface area contributed by atoms with Gasteiger partial charge in [0.2, 0.25) is 0 Å². The van der Waals surface area contributed by atoms with Crippen LogP contribution in [0.25, 0.3) is 0 Å². The second kappa shape index (κ2) is 4.25. The monoisotopic (exact) mass is 206 g/mol. The minimum Gasteiger partial charge on any atom is -0.372 e. The molecule has 80 valence electrons. The summed E-state index contributed by atoms with van der Waals surface area (Å²) in [5.41, 5.74) is 0.420. The molecule has 15 heavy (non-hydrogen) atoms. The number of hydrogen-bond acceptors (Lipinski definition) is 4. The van der Waals surface area contributed by atoms with Crippen LogP contribution in [0.2, 0.25) is 0 Å². The highest BCUT2D eigenvalue weighted by Gasteiger charge is 2.20. The van der Waals surface area contributed by atoms with Crippen LogP contribution in [-0.2, 0) is 0 Å². The summed E-state index contributed by atoms with van der Waals surface area (Å²) in [5.74, 6) is 0.608. The topological polar surface area (TPSA) is 58.1 Å². The molecule has 0 saturated carbocycles. The minimum atomic E-state index is -0.0166. The van der Waals surface area contributed by atoms with Crippen LogP contribution >= 0.6 is 0 Å². The van der Waals surface area contributed by atoms with E-state index in [1.807, 2.05) is 4.90 Å². The molecule has 1 fully saturated rings. The average Bonchev–Trinajstić information content (AvgIpc) is 2.81. The molecule has 0 aromatic carbocycles. The fraction of sp³-hybridized carbons (Fsp3) is 0.500. The van der Waals surface area contributed by atoms with Crippen molar-refractivity contribution in [1.82, 2.24) is 14.9 Å². The molecule has 0 aliphatic carbocycles. The van der Waals surface area contributed by atoms with Gasteiger partial charge in [0.15, 0.2) is 0 Å². The molecule has 1 aliphatic rings. The number of amides is 1. The van der Waals surface area contributed by atoms with E-state index in [1.165, 1.54) is 6.20 Å². The summed E-state index contributed by atoms with van der Waals surface area (Å²) in [6.07, 6.45) is 5.29. The summed E-state index contributed by atoms with van der Waals surface area (Å²) < 4.78 is 0. The smallest absolute Gasteiger partial charge is 0.274 e. The summed E-state index contributed by atoms with van der Waals surface area (Å²) in [5, 5.41) is 2.87. The van der Waals surface area contributed by atoms with E-state index < -0.39 is 0 Å². The highest BCUT2D eigenvalue weighted by Crippen LogP contribution is 2.11. The van der Waals surface area contributed by atoms with Gasteiger partial charge in [0, 0.05) is 20.1 Å². The van der Waals surface area contributed by atoms with E-state index in [4.69, 9.17) is 0 Å². The Labute approximate surface area is 88.5 Å². The Bertz CT molecular complexity index is 360. The number of carbonyl (C=O) groups excluding carboxylic acids is 1. The van der Waals surface area contributed by atoms with Crippen LogP contribution in [-0.4, -0.2) is 40.9 Å². The second-order valence-electron chi connectivity index (χ2n) is 3.54. The van der Waals surface area contributed by atoms with Gasteiger partial charge < -0.3 is 10.2 Å². The van der Waals surface area contributed by atoms with Crippen molar-refractivity contribution in [3.63, 3.8) is 0 Å². The van der Waals surface area contributed by atoms with E-state index in [2.05, 4.69) is 15.3 Å². The number of nitrogens with one attached hydrogen (secondary N) is 1. The third-order valence-electron chi connectivity index (χ3n) is 2.50. The molecule has 5 nitrogen and oxygen atoms in total. The lowest BCUT2D eigenvalue weighted by atomic mass is 10.4. The standard InChI is InChI=1S/C10H14N4O/c1-11-9-7-12-6-8(13-9)10(15)14-4-2-3-5-14/h6-7H,2-5H2,1H3,(H,11,13). The van der Waals surface area contributed by atoms with Crippen molar-refractivity contribution in [2.45, 2.75) is 12.8 Å². The van der Waals surface area contributed by atoms with Gasteiger partial charge in [0.1, 0.15) is 11.5 Å². The lowest BCUT2D eigenvalue weighted by Crippen LogP contribution is -2.28. The normalized spacial score (nSPS) is 15.4. The van der Waals surface area contributed by atoms with Crippen LogP contribution in [0.3, 0.4) is 0 Å². The molecular formula is C10H14N4O. The minimum absolute atomic E-state index is 0.0166. The molecule has 0 bridgehead atoms. The number of rotatable bonds is 2. The summed E-state index contributed by atoms with van der Waals surface area (Å²) in [6.45, 7) is 1.68. The predicted octanol–water partition coefficient (Wildman–Crippen LogP) is 0.754. The fourth-order valence-corrected chi connectivity index (χ4v) is 1.67. The molecule has 1 saturated heterocycles. The number of nitrogens with zero attached hydrogens (tertiary/aromatic N) is 3. The maximum absolute atomic E-state index is 11.9. The van der Waals surface area contributed by atoms with Crippen molar-refractivity contribution in [2.24, 2.45) is 0 Å². The maximum atomic E-state index is 11.9. The van der Waals surface area contributed by atoms with Crippen molar-refractivity contribution >= 4 is 11.7 Å². The summed E-state index contributed by atoms with van der Waals surface area (Å²) in [7, 11) is 1.76. The number of likely N-dealkylation sites (tertiary alicyclic amines) is 1. The molecule has 1 aliphatic heterocycles. The molecule has 0 radical (unpaired) electrons. The van der Waals surface area contributed by atoms with Gasteiger partial charge >= 0.3 is 0 Å². The first kappa shape index (κ1) is 9.89. The summed E-state index contributed by atoms with van der Waals surface area (Å²) in [4.78, 5) is 21.9. The first-order valence-electron chi connectivity index (χ1n) is 5.10. The Morgan fingerprint density at radius 2 is 2.13 bits per heavy atom. The number of hydrogen-bond donors (Lipinski definition) is 1. The van der Waals surface area contributed by atoms with E-state index in [-0.39, 0.29) is 5.91 Å². The van der Waals surface area contributed by atoms with Gasteiger partial charge in [-0.15, -0.1) is 0 Å². The van der Waals surface area contributed by atoms with Gasteiger partial charge in [-0.2, -0.15) is 0 Å². The van der Waals surface area contributed by atoms with Crippen LogP contribution in [0, 0.1) is 0 Å². The molecule has 0 spiro atoms. The zero-order valence-electron chi connectivity index (χ0n) is 8.73. The fourth-order valence-electron chi connectivity index (χ4n) is 1.67. The zero-order valence-corrected chi connectivity index (χ0v) is 8.73. The van der Waals surface area contributed by atoms with Crippen molar-refractivity contribution in [3.05, 3.63) is 18.1 Å². The molecule has 1 amide bonds. The second-order valence-corrected chi connectivity index (χ2v) is 3.54. The van der Waals surface area contributed by atoms with Gasteiger partial charge in [0.25, 0.3) is 5.91 Å². The van der Waals surface area contributed by atoms with Gasteiger partial charge in [-0.05, 0) is 12.8 Å². The third kappa shape index (κ3) is 2.06. The van der Waals surface area contributed by atoms with E-state index >= 15 is 0 Å². The lowest BCUT2D eigenvalue weighted by molar-refractivity contribution is 0.0786. The molecule has 1 N–H and O–H groups in total. The van der Waals surface area contributed by atoms with Gasteiger partial charge in [-0.1, -0.05) is 0 Å². The maximum Gasteiger partial charge on any atom is 0.274 e. The quantitative estimate of drug-likeness (QED) is 0.776. The summed E-state index contributed by atoms with van der Waals surface area (Å²) in [6, 6.07) is 0. The third-order valence-corrected chi connectivity index (χ3v) is 2.50. The molecule has 0 unspecified atom stereocenters. The van der Waals surface area contributed by atoms with Crippen LogP contribution in [0.1, 0.15) is 23.3 Å². The van der Waals surface area contributed by atoms with E-state index in [0.29, 0.717) is 11.5 Å². The molecular weight excluding hydrogens is 192 g/mol. The van der Waals surface area contributed by atoms with Crippen LogP contribution in [0.5, 0.6) is 0 Å². The Morgan fingerprint density at radius 3 is 2.80 bits per heavy atom. The van der Waals surface area contributed by atoms with Crippen molar-refractivity contribution in [3.8, 4) is 0 Å². The van der Waals surface area contributed by atoms with E-state index in [9.17, 15) is 4.79 Å². The molecule has 0 atom stereocenters. The molecule has 1 aromatic rings. The first-order valence-corrected chi connectivity index (χ1v) is 5.10. The van der Waals surface area contributed by atoms with Gasteiger partial charge in [0.05, 0.1) is 12.4 Å². The van der Waals surface area contributed by atoms with Crippen molar-refractivity contribution < 1.29 is 4.79 Å². The lowest BCUT2D eigenvalue weighted by Gasteiger charge is -2.14. The van der Waals surface area contributed by atoms with Crippen LogP contribution in [0.4, 0.5) is 5.82 Å². The Hall–Kier alpha value is -1.65. The van der Waals surface area contributed by atoms with Crippen molar-refractivity contribution in [1.29, 1.82) is 0 Å². The molecule has 1 aromatic heterocycles. The summed E-state index contributed by atoms with van der Waals surface area (Å²) >= 11 is 0. The molecule has 5 heteroatoms. The SMILES string of the molecule is CNc1cncc(C(=O)N2CCCC2)n1. The average molecular weight is 206 g/mol. The van der Waals surface area contributed by atoms with Gasteiger partial charge in [-0.3, -0.25) is 9.78 Å². The number of aromatic nitrogens is 2. The predicted molar refractivity (Wildman–Crippen MR) is 56.7 cm³/mol. The van der Waals surface area contributed by atoms with Crippen LogP contribution in [0.15, 0.2) is 12.4 Å². The van der Waals surface area contributed by atoms with E-state index in [0.717, 1.165) is 25.9 Å². The molecule has 2 rings (SSSR count). The largest absolute Gasteiger partial charge is 0.372 e. The first-order chi connectivity index (χ1) is 7.31. The Balaban J connectivity index is 2.17. The highest BCUT2D eigenvalue weighted by atomic mass is 16.2. The zero-order chi connectivity index (χ0) is 10.7. The molecule has 2 heterocycles. The van der Waals surface area contributed by atoms with Gasteiger partial charge in [-0.25, -0.2) is 4.98 Å².